The van der Waals surface area contributed by atoms with Gasteiger partial charge in [-0.05, 0) is 55.1 Å². The van der Waals surface area contributed by atoms with Crippen LogP contribution in [0.2, 0.25) is 0 Å². The zero-order valence-electron chi connectivity index (χ0n) is 14.7. The maximum atomic E-state index is 5.77. The number of aryl methyl sites for hydroxylation is 1. The van der Waals surface area contributed by atoms with E-state index in [0.717, 1.165) is 25.2 Å². The second-order valence-corrected chi connectivity index (χ2v) is 6.05. The summed E-state index contributed by atoms with van der Waals surface area (Å²) < 4.78 is 5.77. The summed E-state index contributed by atoms with van der Waals surface area (Å²) in [6.45, 7) is 5.28. The molecule has 3 rings (SSSR count). The van der Waals surface area contributed by atoms with Crippen LogP contribution in [0.15, 0.2) is 42.5 Å². The molecule has 3 heteroatoms. The molecular formula is C20H28N2O. The zero-order valence-corrected chi connectivity index (χ0v) is 14.7. The molecule has 0 spiro atoms. The van der Waals surface area contributed by atoms with Crippen LogP contribution in [0, 0.1) is 0 Å². The Balaban J connectivity index is 0.000000924. The summed E-state index contributed by atoms with van der Waals surface area (Å²) in [6, 6.07) is 15.3. The molecule has 0 aliphatic carbocycles. The Morgan fingerprint density at radius 2 is 1.65 bits per heavy atom. The monoisotopic (exact) mass is 312 g/mol. The highest BCUT2D eigenvalue weighted by molar-refractivity contribution is 5.65. The first-order chi connectivity index (χ1) is 11.1. The van der Waals surface area contributed by atoms with Crippen molar-refractivity contribution >= 4 is 11.4 Å². The van der Waals surface area contributed by atoms with Gasteiger partial charge in [0.05, 0.1) is 6.61 Å². The molecular weight excluding hydrogens is 284 g/mol. The third-order valence-corrected chi connectivity index (χ3v) is 4.23. The lowest BCUT2D eigenvalue weighted by atomic mass is 10.0. The van der Waals surface area contributed by atoms with Crippen molar-refractivity contribution in [2.24, 2.45) is 5.73 Å². The Labute approximate surface area is 140 Å². The van der Waals surface area contributed by atoms with Gasteiger partial charge in [0.15, 0.2) is 0 Å². The Bertz CT molecular complexity index is 620. The number of hydrogen-bond acceptors (Lipinski definition) is 3. The van der Waals surface area contributed by atoms with Crippen LogP contribution in [-0.2, 0) is 6.42 Å². The van der Waals surface area contributed by atoms with Crippen molar-refractivity contribution in [1.29, 1.82) is 0 Å². The molecule has 3 nitrogen and oxygen atoms in total. The van der Waals surface area contributed by atoms with Gasteiger partial charge in [0.1, 0.15) is 5.75 Å². The highest BCUT2D eigenvalue weighted by Crippen LogP contribution is 2.32. The van der Waals surface area contributed by atoms with E-state index in [-0.39, 0.29) is 0 Å². The molecule has 0 saturated heterocycles. The molecule has 0 saturated carbocycles. The molecule has 23 heavy (non-hydrogen) atoms. The third-order valence-electron chi connectivity index (χ3n) is 4.23. The van der Waals surface area contributed by atoms with Gasteiger partial charge >= 0.3 is 0 Å². The third kappa shape index (κ3) is 4.05. The fourth-order valence-electron chi connectivity index (χ4n) is 2.77. The van der Waals surface area contributed by atoms with Crippen molar-refractivity contribution in [2.45, 2.75) is 32.6 Å². The van der Waals surface area contributed by atoms with E-state index in [1.54, 1.807) is 0 Å². The van der Waals surface area contributed by atoms with Crippen LogP contribution in [0.3, 0.4) is 0 Å². The van der Waals surface area contributed by atoms with Crippen molar-refractivity contribution < 1.29 is 4.74 Å². The Hall–Kier alpha value is -2.00. The first kappa shape index (κ1) is 17.4. The number of hydrogen-bond donors (Lipinski definition) is 1. The summed E-state index contributed by atoms with van der Waals surface area (Å²) in [5, 5.41) is 0. The van der Waals surface area contributed by atoms with Crippen LogP contribution >= 0.6 is 0 Å². The summed E-state index contributed by atoms with van der Waals surface area (Å²) in [6.07, 6.45) is 2.25. The molecule has 1 aliphatic heterocycles. The molecule has 0 amide bonds. The molecule has 1 aliphatic rings. The van der Waals surface area contributed by atoms with Gasteiger partial charge in [-0.2, -0.15) is 0 Å². The highest BCUT2D eigenvalue weighted by Gasteiger charge is 2.13. The molecule has 0 atom stereocenters. The lowest BCUT2D eigenvalue weighted by Crippen LogP contribution is -2.12. The van der Waals surface area contributed by atoms with E-state index in [9.17, 15) is 0 Å². The normalized spacial score (nSPS) is 12.8. The minimum absolute atomic E-state index is 0.571. The number of anilines is 2. The Morgan fingerprint density at radius 1 is 1.00 bits per heavy atom. The van der Waals surface area contributed by atoms with Crippen LogP contribution < -0.4 is 15.4 Å². The van der Waals surface area contributed by atoms with Gasteiger partial charge in [0.25, 0.3) is 0 Å². The van der Waals surface area contributed by atoms with E-state index < -0.39 is 0 Å². The second kappa shape index (κ2) is 8.02. The van der Waals surface area contributed by atoms with E-state index >= 15 is 0 Å². The molecule has 2 aromatic carbocycles. The van der Waals surface area contributed by atoms with E-state index in [1.807, 2.05) is 0 Å². The number of ether oxygens (including phenoxy) is 1. The average molecular weight is 312 g/mol. The predicted molar refractivity (Wildman–Crippen MR) is 99.0 cm³/mol. The molecule has 0 fully saturated rings. The van der Waals surface area contributed by atoms with Gasteiger partial charge in [0.2, 0.25) is 0 Å². The van der Waals surface area contributed by atoms with Gasteiger partial charge in [-0.15, -0.1) is 0 Å². The first-order valence-electron chi connectivity index (χ1n) is 8.32. The van der Waals surface area contributed by atoms with Gasteiger partial charge in [-0.3, -0.25) is 0 Å². The fourth-order valence-corrected chi connectivity index (χ4v) is 2.77. The number of nitrogens with zero attached hydrogens (tertiary/aromatic N) is 1. The van der Waals surface area contributed by atoms with E-state index in [0.29, 0.717) is 5.92 Å². The summed E-state index contributed by atoms with van der Waals surface area (Å²) in [4.78, 5) is 2.21. The lowest BCUT2D eigenvalue weighted by Gasteiger charge is -2.23. The number of rotatable bonds is 3. The first-order valence-corrected chi connectivity index (χ1v) is 8.32. The van der Waals surface area contributed by atoms with Crippen LogP contribution in [0.4, 0.5) is 11.4 Å². The molecule has 0 aromatic heterocycles. The summed E-state index contributed by atoms with van der Waals surface area (Å²) in [7, 11) is 3.61. The van der Waals surface area contributed by atoms with Crippen LogP contribution in [0.1, 0.15) is 37.3 Å². The van der Waals surface area contributed by atoms with Gasteiger partial charge in [-0.25, -0.2) is 0 Å². The van der Waals surface area contributed by atoms with Gasteiger partial charge < -0.3 is 15.4 Å². The SMILES string of the molecule is CC(C)c1ccc(N(C)c2ccc3c(c2)OCCC3)cc1.CN. The summed E-state index contributed by atoms with van der Waals surface area (Å²) in [5.41, 5.74) is 9.58. The standard InChI is InChI=1S/C19H23NO.CH5N/c1-14(2)15-6-9-17(10-7-15)20(3)18-11-8-16-5-4-12-21-19(16)13-18;1-2/h6-11,13-14H,4-5,12H2,1-3H3;2H2,1H3. The second-order valence-electron chi connectivity index (χ2n) is 6.05. The Kier molecular flexibility index (Phi) is 6.05. The lowest BCUT2D eigenvalue weighted by molar-refractivity contribution is 0.288. The smallest absolute Gasteiger partial charge is 0.124 e. The summed E-state index contributed by atoms with van der Waals surface area (Å²) >= 11 is 0. The van der Waals surface area contributed by atoms with Crippen LogP contribution in [0.25, 0.3) is 0 Å². The predicted octanol–water partition coefficient (Wildman–Crippen LogP) is 4.48. The van der Waals surface area contributed by atoms with Gasteiger partial charge in [-0.1, -0.05) is 32.0 Å². The van der Waals surface area contributed by atoms with Crippen molar-refractivity contribution in [3.05, 3.63) is 53.6 Å². The molecule has 0 unspecified atom stereocenters. The van der Waals surface area contributed by atoms with Crippen molar-refractivity contribution in [2.75, 3.05) is 25.6 Å². The van der Waals surface area contributed by atoms with Crippen LogP contribution in [-0.4, -0.2) is 20.7 Å². The summed E-state index contributed by atoms with van der Waals surface area (Å²) in [5.74, 6) is 1.62. The largest absolute Gasteiger partial charge is 0.493 e. The van der Waals surface area contributed by atoms with Crippen LogP contribution in [0.5, 0.6) is 5.75 Å². The number of fused-ring (bicyclic) bond motifs is 1. The number of benzene rings is 2. The molecule has 124 valence electrons. The Morgan fingerprint density at radius 3 is 2.30 bits per heavy atom. The fraction of sp³-hybridized carbons (Fsp3) is 0.400. The maximum Gasteiger partial charge on any atom is 0.124 e. The minimum Gasteiger partial charge on any atom is -0.493 e. The van der Waals surface area contributed by atoms with Crippen molar-refractivity contribution in [3.8, 4) is 5.75 Å². The van der Waals surface area contributed by atoms with E-state index in [4.69, 9.17) is 4.74 Å². The average Bonchev–Trinajstić information content (AvgIpc) is 2.62. The molecule has 0 bridgehead atoms. The molecule has 2 aromatic rings. The minimum atomic E-state index is 0.571. The molecule has 2 N–H and O–H groups in total. The van der Waals surface area contributed by atoms with Crippen molar-refractivity contribution in [3.63, 3.8) is 0 Å². The molecule has 0 radical (unpaired) electrons. The molecule has 1 heterocycles. The van der Waals surface area contributed by atoms with Crippen molar-refractivity contribution in [1.82, 2.24) is 0 Å². The number of nitrogens with two attached hydrogens (primary N) is 1. The van der Waals surface area contributed by atoms with Gasteiger partial charge in [0, 0.05) is 24.5 Å². The van der Waals surface area contributed by atoms with E-state index in [2.05, 4.69) is 74.0 Å². The zero-order chi connectivity index (χ0) is 16.8. The maximum absolute atomic E-state index is 5.77. The highest BCUT2D eigenvalue weighted by atomic mass is 16.5. The quantitative estimate of drug-likeness (QED) is 0.908. The topological polar surface area (TPSA) is 38.5 Å². The van der Waals surface area contributed by atoms with E-state index in [1.165, 1.54) is 29.5 Å².